The first-order chi connectivity index (χ1) is 8.97. The second-order valence-corrected chi connectivity index (χ2v) is 4.03. The van der Waals surface area contributed by atoms with Crippen LogP contribution in [0.2, 0.25) is 0 Å². The van der Waals surface area contributed by atoms with E-state index in [2.05, 4.69) is 0 Å². The van der Waals surface area contributed by atoms with E-state index in [9.17, 15) is 14.9 Å². The van der Waals surface area contributed by atoms with Gasteiger partial charge in [0.05, 0.1) is 16.2 Å². The van der Waals surface area contributed by atoms with Gasteiger partial charge in [-0.15, -0.1) is 0 Å². The minimum Gasteiger partial charge on any atom is -0.478 e. The topological polar surface area (TPSA) is 92.9 Å². The predicted octanol–water partition coefficient (Wildman–Crippen LogP) is 1.77. The highest BCUT2D eigenvalue weighted by atomic mass is 16.6. The molecular formula is C12H16N2O5. The number of hydrogen-bond donors (Lipinski definition) is 1. The maximum atomic E-state index is 11.1. The van der Waals surface area contributed by atoms with Crippen molar-refractivity contribution in [2.24, 2.45) is 0 Å². The van der Waals surface area contributed by atoms with E-state index in [0.29, 0.717) is 25.3 Å². The normalized spacial score (nSPS) is 10.2. The second-order valence-electron chi connectivity index (χ2n) is 4.03. The highest BCUT2D eigenvalue weighted by molar-refractivity contribution is 5.95. The summed E-state index contributed by atoms with van der Waals surface area (Å²) in [7, 11) is 3.27. The third-order valence-electron chi connectivity index (χ3n) is 2.68. The number of hydrogen-bond acceptors (Lipinski definition) is 5. The van der Waals surface area contributed by atoms with Crippen molar-refractivity contribution >= 4 is 17.3 Å². The van der Waals surface area contributed by atoms with E-state index in [4.69, 9.17) is 9.84 Å². The Labute approximate surface area is 110 Å². The Balaban J connectivity index is 3.02. The SMILES string of the molecule is COCCCN(C)c1cc([N+](=O)[O-])ccc1C(=O)O. The lowest BCUT2D eigenvalue weighted by Gasteiger charge is -2.20. The Morgan fingerprint density at radius 2 is 2.21 bits per heavy atom. The summed E-state index contributed by atoms with van der Waals surface area (Å²) in [6, 6.07) is 3.72. The molecule has 1 N–H and O–H groups in total. The number of nitro groups is 1. The van der Waals surface area contributed by atoms with Gasteiger partial charge in [0.15, 0.2) is 0 Å². The summed E-state index contributed by atoms with van der Waals surface area (Å²) in [5.74, 6) is -1.11. The molecule has 0 aliphatic carbocycles. The molecule has 7 nitrogen and oxygen atoms in total. The number of methoxy groups -OCH3 is 1. The van der Waals surface area contributed by atoms with Gasteiger partial charge < -0.3 is 14.7 Å². The zero-order chi connectivity index (χ0) is 14.4. The molecule has 0 atom stereocenters. The first-order valence-electron chi connectivity index (χ1n) is 5.69. The quantitative estimate of drug-likeness (QED) is 0.460. The number of nitrogens with zero attached hydrogens (tertiary/aromatic N) is 2. The Kier molecular flexibility index (Phi) is 5.25. The van der Waals surface area contributed by atoms with Crippen molar-refractivity contribution in [3.8, 4) is 0 Å². The van der Waals surface area contributed by atoms with Gasteiger partial charge in [0.1, 0.15) is 0 Å². The maximum Gasteiger partial charge on any atom is 0.337 e. The van der Waals surface area contributed by atoms with E-state index in [1.807, 2.05) is 0 Å². The highest BCUT2D eigenvalue weighted by Crippen LogP contribution is 2.25. The molecule has 0 heterocycles. The van der Waals surface area contributed by atoms with E-state index in [-0.39, 0.29) is 11.3 Å². The van der Waals surface area contributed by atoms with Gasteiger partial charge in [-0.3, -0.25) is 10.1 Å². The van der Waals surface area contributed by atoms with Gasteiger partial charge in [0, 0.05) is 39.4 Å². The van der Waals surface area contributed by atoms with Crippen LogP contribution in [-0.2, 0) is 4.74 Å². The number of nitro benzene ring substituents is 1. The van der Waals surface area contributed by atoms with E-state index >= 15 is 0 Å². The monoisotopic (exact) mass is 268 g/mol. The summed E-state index contributed by atoms with van der Waals surface area (Å²) in [6.45, 7) is 1.09. The zero-order valence-electron chi connectivity index (χ0n) is 10.8. The highest BCUT2D eigenvalue weighted by Gasteiger charge is 2.17. The lowest BCUT2D eigenvalue weighted by molar-refractivity contribution is -0.384. The van der Waals surface area contributed by atoms with Crippen LogP contribution in [-0.4, -0.2) is 43.3 Å². The fourth-order valence-electron chi connectivity index (χ4n) is 1.70. The van der Waals surface area contributed by atoms with Crippen molar-refractivity contribution < 1.29 is 19.6 Å². The fraction of sp³-hybridized carbons (Fsp3) is 0.417. The van der Waals surface area contributed by atoms with Gasteiger partial charge in [-0.25, -0.2) is 4.79 Å². The molecule has 7 heteroatoms. The van der Waals surface area contributed by atoms with E-state index in [1.165, 1.54) is 18.2 Å². The average molecular weight is 268 g/mol. The van der Waals surface area contributed by atoms with E-state index < -0.39 is 10.9 Å². The Hall–Kier alpha value is -2.15. The van der Waals surface area contributed by atoms with Crippen molar-refractivity contribution in [1.82, 2.24) is 0 Å². The molecule has 0 aliphatic heterocycles. The molecule has 0 saturated carbocycles. The Bertz CT molecular complexity index is 475. The van der Waals surface area contributed by atoms with Crippen molar-refractivity contribution in [2.75, 3.05) is 32.2 Å². The van der Waals surface area contributed by atoms with Crippen LogP contribution >= 0.6 is 0 Å². The molecule has 1 aromatic carbocycles. The molecule has 0 unspecified atom stereocenters. The average Bonchev–Trinajstić information content (AvgIpc) is 2.37. The summed E-state index contributed by atoms with van der Waals surface area (Å²) in [5.41, 5.74) is 0.252. The third kappa shape index (κ3) is 3.92. The van der Waals surface area contributed by atoms with Crippen LogP contribution in [0.5, 0.6) is 0 Å². The number of anilines is 1. The summed E-state index contributed by atoms with van der Waals surface area (Å²) in [6.07, 6.45) is 0.703. The summed E-state index contributed by atoms with van der Waals surface area (Å²) in [5, 5.41) is 19.8. The lowest BCUT2D eigenvalue weighted by atomic mass is 10.1. The van der Waals surface area contributed by atoms with E-state index in [1.54, 1.807) is 19.1 Å². The molecule has 0 radical (unpaired) electrons. The van der Waals surface area contributed by atoms with Gasteiger partial charge in [-0.1, -0.05) is 0 Å². The molecule has 1 rings (SSSR count). The van der Waals surface area contributed by atoms with Gasteiger partial charge in [0.2, 0.25) is 0 Å². The van der Waals surface area contributed by atoms with Gasteiger partial charge in [-0.2, -0.15) is 0 Å². The van der Waals surface area contributed by atoms with Gasteiger partial charge >= 0.3 is 5.97 Å². The van der Waals surface area contributed by atoms with Crippen LogP contribution in [0.25, 0.3) is 0 Å². The van der Waals surface area contributed by atoms with E-state index in [0.717, 1.165) is 0 Å². The number of non-ortho nitro benzene ring substituents is 1. The lowest BCUT2D eigenvalue weighted by Crippen LogP contribution is -2.22. The zero-order valence-corrected chi connectivity index (χ0v) is 10.8. The van der Waals surface area contributed by atoms with Crippen LogP contribution in [0.1, 0.15) is 16.8 Å². The summed E-state index contributed by atoms with van der Waals surface area (Å²) >= 11 is 0. The smallest absolute Gasteiger partial charge is 0.337 e. The molecule has 0 spiro atoms. The maximum absolute atomic E-state index is 11.1. The minimum atomic E-state index is -1.11. The molecule has 1 aromatic rings. The Morgan fingerprint density at radius 1 is 1.53 bits per heavy atom. The molecule has 0 amide bonds. The third-order valence-corrected chi connectivity index (χ3v) is 2.68. The molecule has 104 valence electrons. The minimum absolute atomic E-state index is 0.0468. The number of rotatable bonds is 7. The molecular weight excluding hydrogens is 252 g/mol. The molecule has 0 aromatic heterocycles. The standard InChI is InChI=1S/C12H16N2O5/c1-13(6-3-7-19-2)11-8-9(14(17)18)4-5-10(11)12(15)16/h4-5,8H,3,6-7H2,1-2H3,(H,15,16). The number of aromatic carboxylic acids is 1. The number of carboxylic acids is 1. The van der Waals surface area contributed by atoms with Crippen LogP contribution < -0.4 is 4.90 Å². The second kappa shape index (κ2) is 6.69. The molecule has 0 aliphatic rings. The molecule has 0 fully saturated rings. The number of benzene rings is 1. The molecule has 0 saturated heterocycles. The summed E-state index contributed by atoms with van der Waals surface area (Å²) in [4.78, 5) is 23.0. The number of carbonyl (C=O) groups is 1. The van der Waals surface area contributed by atoms with Crippen molar-refractivity contribution in [2.45, 2.75) is 6.42 Å². The van der Waals surface area contributed by atoms with Gasteiger partial charge in [-0.05, 0) is 12.5 Å². The Morgan fingerprint density at radius 3 is 2.74 bits per heavy atom. The predicted molar refractivity (Wildman–Crippen MR) is 69.8 cm³/mol. The molecule has 19 heavy (non-hydrogen) atoms. The first-order valence-corrected chi connectivity index (χ1v) is 5.69. The number of ether oxygens (including phenoxy) is 1. The van der Waals surface area contributed by atoms with Crippen LogP contribution in [0, 0.1) is 10.1 Å². The van der Waals surface area contributed by atoms with Crippen LogP contribution in [0.15, 0.2) is 18.2 Å². The largest absolute Gasteiger partial charge is 0.478 e. The van der Waals surface area contributed by atoms with Crippen molar-refractivity contribution in [1.29, 1.82) is 0 Å². The van der Waals surface area contributed by atoms with Gasteiger partial charge in [0.25, 0.3) is 5.69 Å². The van der Waals surface area contributed by atoms with Crippen LogP contribution in [0.3, 0.4) is 0 Å². The number of carboxylic acid groups (broad SMARTS) is 1. The van der Waals surface area contributed by atoms with Crippen molar-refractivity contribution in [3.63, 3.8) is 0 Å². The van der Waals surface area contributed by atoms with Crippen molar-refractivity contribution in [3.05, 3.63) is 33.9 Å². The first kappa shape index (κ1) is 14.9. The summed E-state index contributed by atoms with van der Waals surface area (Å²) < 4.78 is 4.92. The van der Waals surface area contributed by atoms with Crippen LogP contribution in [0.4, 0.5) is 11.4 Å². The fourth-order valence-corrected chi connectivity index (χ4v) is 1.70. The molecule has 0 bridgehead atoms.